The van der Waals surface area contributed by atoms with E-state index in [0.717, 1.165) is 31.3 Å². The molecule has 3 rings (SSSR count). The summed E-state index contributed by atoms with van der Waals surface area (Å²) < 4.78 is 0. The third-order valence-corrected chi connectivity index (χ3v) is 10.4. The molecule has 1 aliphatic carbocycles. The molecule has 0 bridgehead atoms. The SMILES string of the molecule is CCC(CC)NC1C([N+](=O)[O-])C=C(C)C(C)C1[N+](=O)[O-].CCCN(CCC)c1c([N+](=O)[O-])cc(C)c(N)c1[N+](=O)[O-].CCN(CC)c1c([N+](=O)[O-])cc(C)c(N)c1[N+](=O)[O-]. The molecule has 334 valence electrons. The molecular weight excluding hydrogens is 790 g/mol. The zero-order valence-electron chi connectivity index (χ0n) is 35.9. The Labute approximate surface area is 348 Å². The normalized spacial score (nSPS) is 16.9. The second kappa shape index (κ2) is 23.4. The second-order valence-corrected chi connectivity index (χ2v) is 14.3. The Bertz CT molecular complexity index is 1910. The Morgan fingerprint density at radius 1 is 0.650 bits per heavy atom. The summed E-state index contributed by atoms with van der Waals surface area (Å²) in [5.41, 5.74) is 11.5. The molecule has 60 heavy (non-hydrogen) atoms. The minimum absolute atomic E-state index is 0.0109. The molecule has 0 amide bonds. The molecule has 0 radical (unpaired) electrons. The van der Waals surface area contributed by atoms with Gasteiger partial charge in [0.25, 0.3) is 17.4 Å². The molecule has 0 aliphatic heterocycles. The summed E-state index contributed by atoms with van der Waals surface area (Å²) in [5, 5.41) is 70.7. The van der Waals surface area contributed by atoms with Gasteiger partial charge in [-0.2, -0.15) is 0 Å². The first-order chi connectivity index (χ1) is 28.0. The van der Waals surface area contributed by atoms with E-state index in [-0.39, 0.29) is 56.7 Å². The minimum Gasteiger partial charge on any atom is -0.393 e. The first kappa shape index (κ1) is 51.8. The molecule has 0 fully saturated rings. The van der Waals surface area contributed by atoms with Gasteiger partial charge < -0.3 is 21.3 Å². The van der Waals surface area contributed by atoms with Gasteiger partial charge in [-0.1, -0.05) is 40.2 Å². The number of aryl methyl sites for hydroxylation is 2. The van der Waals surface area contributed by atoms with Crippen LogP contribution in [0.2, 0.25) is 0 Å². The van der Waals surface area contributed by atoms with E-state index in [2.05, 4.69) is 5.32 Å². The molecule has 1 aliphatic rings. The van der Waals surface area contributed by atoms with Crippen LogP contribution >= 0.6 is 0 Å². The Kier molecular flexibility index (Phi) is 20.2. The largest absolute Gasteiger partial charge is 0.393 e. The monoisotopic (exact) mass is 849 g/mol. The molecule has 0 aromatic heterocycles. The number of nitro groups is 6. The van der Waals surface area contributed by atoms with Gasteiger partial charge in [0.05, 0.1) is 19.7 Å². The van der Waals surface area contributed by atoms with Gasteiger partial charge >= 0.3 is 11.4 Å². The van der Waals surface area contributed by atoms with Gasteiger partial charge in [-0.25, -0.2) is 0 Å². The molecule has 0 heterocycles. The molecule has 0 spiro atoms. The third kappa shape index (κ3) is 12.4. The maximum Gasteiger partial charge on any atom is 0.322 e. The van der Waals surface area contributed by atoms with Crippen molar-refractivity contribution in [1.29, 1.82) is 0 Å². The topological polar surface area (TPSA) is 329 Å². The predicted octanol–water partition coefficient (Wildman–Crippen LogP) is 7.28. The first-order valence-electron chi connectivity index (χ1n) is 19.7. The van der Waals surface area contributed by atoms with Crippen LogP contribution in [0.15, 0.2) is 23.8 Å². The van der Waals surface area contributed by atoms with Crippen molar-refractivity contribution in [2.24, 2.45) is 5.92 Å². The van der Waals surface area contributed by atoms with E-state index in [1.54, 1.807) is 43.6 Å². The van der Waals surface area contributed by atoms with Gasteiger partial charge in [0, 0.05) is 60.1 Å². The molecule has 23 heteroatoms. The van der Waals surface area contributed by atoms with Crippen molar-refractivity contribution in [3.8, 4) is 0 Å². The van der Waals surface area contributed by atoms with Gasteiger partial charge in [0.2, 0.25) is 6.04 Å². The van der Waals surface area contributed by atoms with Gasteiger partial charge in [-0.05, 0) is 77.5 Å². The highest BCUT2D eigenvalue weighted by molar-refractivity contribution is 5.86. The summed E-state index contributed by atoms with van der Waals surface area (Å²) in [6.45, 7) is 19.7. The summed E-state index contributed by atoms with van der Waals surface area (Å²) >= 11 is 0. The maximum absolute atomic E-state index is 11.4. The van der Waals surface area contributed by atoms with Crippen molar-refractivity contribution in [1.82, 2.24) is 5.32 Å². The van der Waals surface area contributed by atoms with Crippen molar-refractivity contribution in [2.75, 3.05) is 47.4 Å². The maximum atomic E-state index is 11.4. The Morgan fingerprint density at radius 2 is 1.05 bits per heavy atom. The fourth-order valence-corrected chi connectivity index (χ4v) is 7.07. The van der Waals surface area contributed by atoms with Gasteiger partial charge in [0.1, 0.15) is 17.4 Å². The lowest BCUT2D eigenvalue weighted by molar-refractivity contribution is -0.567. The lowest BCUT2D eigenvalue weighted by atomic mass is 9.79. The number of nitrogen functional groups attached to an aromatic ring is 2. The number of anilines is 4. The molecule has 0 saturated carbocycles. The molecule has 2 aromatic carbocycles. The average Bonchev–Trinajstić information content (AvgIpc) is 3.17. The summed E-state index contributed by atoms with van der Waals surface area (Å²) in [7, 11) is 0. The first-order valence-corrected chi connectivity index (χ1v) is 19.7. The number of benzene rings is 2. The van der Waals surface area contributed by atoms with Crippen molar-refractivity contribution in [3.63, 3.8) is 0 Å². The fourth-order valence-electron chi connectivity index (χ4n) is 7.07. The van der Waals surface area contributed by atoms with E-state index in [1.807, 2.05) is 27.7 Å². The van der Waals surface area contributed by atoms with E-state index in [9.17, 15) is 60.7 Å². The van der Waals surface area contributed by atoms with Crippen molar-refractivity contribution in [2.45, 2.75) is 119 Å². The summed E-state index contributed by atoms with van der Waals surface area (Å²) in [6.07, 6.45) is 4.59. The van der Waals surface area contributed by atoms with Crippen molar-refractivity contribution >= 4 is 45.5 Å². The second-order valence-electron chi connectivity index (χ2n) is 14.3. The number of nitrogens with one attached hydrogen (secondary N) is 1. The van der Waals surface area contributed by atoms with Crippen LogP contribution in [0.5, 0.6) is 0 Å². The van der Waals surface area contributed by atoms with E-state index >= 15 is 0 Å². The quantitative estimate of drug-likeness (QED) is 0.0574. The number of rotatable bonds is 18. The zero-order valence-corrected chi connectivity index (χ0v) is 35.9. The average molecular weight is 850 g/mol. The highest BCUT2D eigenvalue weighted by Crippen LogP contribution is 2.44. The van der Waals surface area contributed by atoms with Crippen LogP contribution in [0.3, 0.4) is 0 Å². The van der Waals surface area contributed by atoms with Gasteiger partial charge in [-0.15, -0.1) is 0 Å². The fraction of sp³-hybridized carbons (Fsp3) is 0.622. The van der Waals surface area contributed by atoms with E-state index in [1.165, 1.54) is 26.0 Å². The number of hydrogen-bond donors (Lipinski definition) is 3. The van der Waals surface area contributed by atoms with Gasteiger partial charge in [0.15, 0.2) is 11.4 Å². The lowest BCUT2D eigenvalue weighted by Gasteiger charge is -2.33. The van der Waals surface area contributed by atoms with Crippen LogP contribution in [0.1, 0.15) is 92.2 Å². The summed E-state index contributed by atoms with van der Waals surface area (Å²) in [6, 6.07) is -0.128. The van der Waals surface area contributed by atoms with Crippen LogP contribution in [0, 0.1) is 80.5 Å². The van der Waals surface area contributed by atoms with E-state index in [0.29, 0.717) is 37.3 Å². The standard InChI is InChI=1S/C13H20N4O4.C13H23N3O4.C11H16N4O4/c1-4-6-15(7-5-2)12-10(16(18)19)8-9(3)11(14)13(12)17(20)21;1-5-10(6-2)14-12-11(15(17)18)7-8(3)9(4)13(12)16(19)20;1-4-13(5-2)10-8(14(16)17)6-7(3)9(12)11(10)15(18)19/h8H,4-7,14H2,1-3H3;7,9-14H,5-6H2,1-4H3;6H,4-5,12H2,1-3H3. The van der Waals surface area contributed by atoms with Crippen molar-refractivity contribution in [3.05, 3.63) is 95.6 Å². The molecule has 5 N–H and O–H groups in total. The van der Waals surface area contributed by atoms with Crippen LogP contribution in [0.4, 0.5) is 45.5 Å². The summed E-state index contributed by atoms with van der Waals surface area (Å²) in [4.78, 5) is 67.5. The molecular formula is C37H59N11O12. The highest BCUT2D eigenvalue weighted by atomic mass is 16.6. The number of nitrogens with two attached hydrogens (primary N) is 2. The minimum atomic E-state index is -1.04. The van der Waals surface area contributed by atoms with E-state index in [4.69, 9.17) is 11.5 Å². The Morgan fingerprint density at radius 3 is 1.35 bits per heavy atom. The van der Waals surface area contributed by atoms with Crippen LogP contribution in [-0.4, -0.2) is 79.9 Å². The predicted molar refractivity (Wildman–Crippen MR) is 230 cm³/mol. The Hall–Kier alpha value is -6.26. The number of nitro benzene ring substituents is 4. The molecule has 4 unspecified atom stereocenters. The Balaban J connectivity index is 0.000000451. The summed E-state index contributed by atoms with van der Waals surface area (Å²) in [5.74, 6) is -0.298. The van der Waals surface area contributed by atoms with Crippen LogP contribution in [0.25, 0.3) is 0 Å². The third-order valence-electron chi connectivity index (χ3n) is 10.4. The van der Waals surface area contributed by atoms with Crippen LogP contribution < -0.4 is 26.6 Å². The molecule has 23 nitrogen and oxygen atoms in total. The van der Waals surface area contributed by atoms with Crippen LogP contribution in [-0.2, 0) is 0 Å². The molecule has 0 saturated heterocycles. The number of nitrogens with zero attached hydrogens (tertiary/aromatic N) is 8. The van der Waals surface area contributed by atoms with Gasteiger partial charge in [-0.3, -0.25) is 66.0 Å². The number of hydrogen-bond acceptors (Lipinski definition) is 17. The highest BCUT2D eigenvalue weighted by Gasteiger charge is 2.50. The molecule has 4 atom stereocenters. The smallest absolute Gasteiger partial charge is 0.322 e. The molecule has 2 aromatic rings. The lowest BCUT2D eigenvalue weighted by Crippen LogP contribution is -2.60. The van der Waals surface area contributed by atoms with Crippen molar-refractivity contribution < 1.29 is 29.5 Å². The van der Waals surface area contributed by atoms with E-state index < -0.39 is 48.4 Å². The zero-order chi connectivity index (χ0) is 46.3.